The van der Waals surface area contributed by atoms with Crippen molar-refractivity contribution in [2.45, 2.75) is 32.2 Å². The monoisotopic (exact) mass is 450 g/mol. The number of hydrogen-bond acceptors (Lipinski definition) is 5. The van der Waals surface area contributed by atoms with E-state index in [9.17, 15) is 9.59 Å². The summed E-state index contributed by atoms with van der Waals surface area (Å²) in [6.07, 6.45) is 2.78. The van der Waals surface area contributed by atoms with Crippen molar-refractivity contribution in [1.29, 1.82) is 0 Å². The van der Waals surface area contributed by atoms with Crippen LogP contribution >= 0.6 is 0 Å². The highest BCUT2D eigenvalue weighted by Gasteiger charge is 2.36. The minimum Gasteiger partial charge on any atom is -0.497 e. The van der Waals surface area contributed by atoms with E-state index in [0.29, 0.717) is 31.2 Å². The number of fused-ring (bicyclic) bond motifs is 2. The van der Waals surface area contributed by atoms with Gasteiger partial charge < -0.3 is 24.0 Å². The van der Waals surface area contributed by atoms with Gasteiger partial charge >= 0.3 is 0 Å². The van der Waals surface area contributed by atoms with Crippen LogP contribution in [0, 0.1) is 11.8 Å². The second-order valence-electron chi connectivity index (χ2n) is 9.17. The zero-order valence-corrected chi connectivity index (χ0v) is 19.0. The van der Waals surface area contributed by atoms with E-state index >= 15 is 0 Å². The molecule has 3 heterocycles. The second-order valence-corrected chi connectivity index (χ2v) is 9.17. The molecule has 0 saturated carbocycles. The van der Waals surface area contributed by atoms with Crippen LogP contribution in [0.1, 0.15) is 30.4 Å². The first kappa shape index (κ1) is 21.6. The number of carbonyl (C=O) groups excluding carboxylic acids is 2. The van der Waals surface area contributed by atoms with E-state index in [2.05, 4.69) is 0 Å². The maximum Gasteiger partial charge on any atom is 0.231 e. The molecule has 2 saturated heterocycles. The van der Waals surface area contributed by atoms with Crippen molar-refractivity contribution in [3.05, 3.63) is 53.6 Å². The molecule has 2 aromatic rings. The maximum atomic E-state index is 13.0. The van der Waals surface area contributed by atoms with Crippen molar-refractivity contribution >= 4 is 11.8 Å². The number of rotatable bonds is 5. The van der Waals surface area contributed by atoms with Crippen molar-refractivity contribution < 1.29 is 23.8 Å². The third-order valence-corrected chi connectivity index (χ3v) is 7.13. The minimum absolute atomic E-state index is 0.159. The fourth-order valence-corrected chi connectivity index (χ4v) is 5.16. The SMILES string of the molecule is COc1ccc(CC(=O)N2CC[C@H]3CC(=O)N(Cc4ccc5c(c4)OCO5)CC[C@H]3C2)cc1. The van der Waals surface area contributed by atoms with Crippen LogP contribution in [0.2, 0.25) is 0 Å². The molecule has 0 unspecified atom stereocenters. The minimum atomic E-state index is 0.159. The van der Waals surface area contributed by atoms with Crippen molar-refractivity contribution in [3.8, 4) is 17.2 Å². The first-order chi connectivity index (χ1) is 16.1. The van der Waals surface area contributed by atoms with Crippen molar-refractivity contribution in [2.75, 3.05) is 33.5 Å². The molecule has 3 aliphatic rings. The first-order valence-electron chi connectivity index (χ1n) is 11.7. The van der Waals surface area contributed by atoms with Crippen LogP contribution in [0.4, 0.5) is 0 Å². The van der Waals surface area contributed by atoms with Gasteiger partial charge in [0, 0.05) is 32.6 Å². The highest BCUT2D eigenvalue weighted by molar-refractivity contribution is 5.79. The number of carbonyl (C=O) groups is 2. The van der Waals surface area contributed by atoms with Gasteiger partial charge in [0.1, 0.15) is 5.75 Å². The predicted octanol–water partition coefficient (Wildman–Crippen LogP) is 3.25. The van der Waals surface area contributed by atoms with Crippen LogP contribution in [0.3, 0.4) is 0 Å². The van der Waals surface area contributed by atoms with E-state index in [4.69, 9.17) is 14.2 Å². The molecule has 7 nitrogen and oxygen atoms in total. The Morgan fingerprint density at radius 3 is 2.58 bits per heavy atom. The Morgan fingerprint density at radius 1 is 1.00 bits per heavy atom. The molecule has 7 heteroatoms. The van der Waals surface area contributed by atoms with E-state index in [0.717, 1.165) is 60.9 Å². The number of nitrogens with zero attached hydrogens (tertiary/aromatic N) is 2. The topological polar surface area (TPSA) is 68.3 Å². The lowest BCUT2D eigenvalue weighted by Crippen LogP contribution is -2.44. The molecule has 2 aromatic carbocycles. The highest BCUT2D eigenvalue weighted by atomic mass is 16.7. The number of likely N-dealkylation sites (tertiary alicyclic amines) is 2. The average molecular weight is 451 g/mol. The van der Waals surface area contributed by atoms with Gasteiger partial charge in [-0.15, -0.1) is 0 Å². The first-order valence-corrected chi connectivity index (χ1v) is 11.7. The molecule has 0 aliphatic carbocycles. The summed E-state index contributed by atoms with van der Waals surface area (Å²) in [6.45, 7) is 3.01. The summed E-state index contributed by atoms with van der Waals surface area (Å²) < 4.78 is 16.1. The van der Waals surface area contributed by atoms with Gasteiger partial charge in [0.05, 0.1) is 13.5 Å². The van der Waals surface area contributed by atoms with Crippen molar-refractivity contribution in [2.24, 2.45) is 11.8 Å². The Kier molecular flexibility index (Phi) is 6.11. The van der Waals surface area contributed by atoms with E-state index in [-0.39, 0.29) is 18.6 Å². The lowest BCUT2D eigenvalue weighted by atomic mass is 9.82. The standard InChI is InChI=1S/C26H30N2O5/c1-31-22-5-2-18(3-6-22)13-25(29)28-10-8-20-14-26(30)27(11-9-21(20)16-28)15-19-4-7-23-24(12-19)33-17-32-23/h2-7,12,20-21H,8-11,13-17H2,1H3/t20-,21-/m0/s1. The fourth-order valence-electron chi connectivity index (χ4n) is 5.16. The molecule has 5 rings (SSSR count). The number of methoxy groups -OCH3 is 1. The smallest absolute Gasteiger partial charge is 0.231 e. The third-order valence-electron chi connectivity index (χ3n) is 7.13. The Balaban J connectivity index is 1.19. The van der Waals surface area contributed by atoms with Gasteiger partial charge in [-0.2, -0.15) is 0 Å². The summed E-state index contributed by atoms with van der Waals surface area (Å²) in [4.78, 5) is 29.9. The van der Waals surface area contributed by atoms with Crippen LogP contribution in [-0.4, -0.2) is 55.2 Å². The van der Waals surface area contributed by atoms with Crippen LogP contribution < -0.4 is 14.2 Å². The van der Waals surface area contributed by atoms with Gasteiger partial charge in [0.2, 0.25) is 18.6 Å². The quantitative estimate of drug-likeness (QED) is 0.700. The van der Waals surface area contributed by atoms with Gasteiger partial charge in [0.15, 0.2) is 11.5 Å². The summed E-state index contributed by atoms with van der Waals surface area (Å²) in [7, 11) is 1.64. The Bertz CT molecular complexity index is 1020. The average Bonchev–Trinajstić information content (AvgIpc) is 3.24. The van der Waals surface area contributed by atoms with Gasteiger partial charge in [-0.1, -0.05) is 18.2 Å². The predicted molar refractivity (Wildman–Crippen MR) is 122 cm³/mol. The van der Waals surface area contributed by atoms with Gasteiger partial charge in [-0.05, 0) is 60.1 Å². The molecule has 3 aliphatic heterocycles. The molecule has 0 radical (unpaired) electrons. The molecule has 0 bridgehead atoms. The molecule has 174 valence electrons. The number of piperidine rings is 1. The van der Waals surface area contributed by atoms with Crippen LogP contribution in [0.25, 0.3) is 0 Å². The summed E-state index contributed by atoms with van der Waals surface area (Å²) in [5.41, 5.74) is 2.04. The van der Waals surface area contributed by atoms with Gasteiger partial charge in [0.25, 0.3) is 0 Å². The number of amides is 2. The molecule has 2 atom stereocenters. The molecule has 33 heavy (non-hydrogen) atoms. The largest absolute Gasteiger partial charge is 0.497 e. The summed E-state index contributed by atoms with van der Waals surface area (Å²) in [5, 5.41) is 0. The summed E-state index contributed by atoms with van der Waals surface area (Å²) in [5.74, 6) is 3.37. The van der Waals surface area contributed by atoms with Crippen molar-refractivity contribution in [3.63, 3.8) is 0 Å². The second kappa shape index (κ2) is 9.33. The molecular weight excluding hydrogens is 420 g/mol. The highest BCUT2D eigenvalue weighted by Crippen LogP contribution is 2.35. The maximum absolute atomic E-state index is 13.0. The van der Waals surface area contributed by atoms with E-state index < -0.39 is 0 Å². The Labute approximate surface area is 194 Å². The lowest BCUT2D eigenvalue weighted by molar-refractivity contribution is -0.133. The van der Waals surface area contributed by atoms with E-state index in [1.807, 2.05) is 52.3 Å². The number of benzene rings is 2. The fraction of sp³-hybridized carbons (Fsp3) is 0.462. The normalized spacial score (nSPS) is 22.0. The number of hydrogen-bond donors (Lipinski definition) is 0. The molecular formula is C26H30N2O5. The van der Waals surface area contributed by atoms with Crippen LogP contribution in [0.15, 0.2) is 42.5 Å². The van der Waals surface area contributed by atoms with Crippen LogP contribution in [0.5, 0.6) is 17.2 Å². The van der Waals surface area contributed by atoms with E-state index in [1.165, 1.54) is 0 Å². The zero-order valence-electron chi connectivity index (χ0n) is 19.0. The van der Waals surface area contributed by atoms with Gasteiger partial charge in [-0.25, -0.2) is 0 Å². The molecule has 0 spiro atoms. The Hall–Kier alpha value is -3.22. The summed E-state index contributed by atoms with van der Waals surface area (Å²) >= 11 is 0. The van der Waals surface area contributed by atoms with Crippen LogP contribution in [-0.2, 0) is 22.6 Å². The zero-order chi connectivity index (χ0) is 22.8. The van der Waals surface area contributed by atoms with Gasteiger partial charge in [-0.3, -0.25) is 9.59 Å². The molecule has 2 fully saturated rings. The van der Waals surface area contributed by atoms with E-state index in [1.54, 1.807) is 7.11 Å². The number of ether oxygens (including phenoxy) is 3. The molecule has 2 amide bonds. The lowest BCUT2D eigenvalue weighted by Gasteiger charge is -2.37. The third kappa shape index (κ3) is 4.77. The molecule has 0 aromatic heterocycles. The Morgan fingerprint density at radius 2 is 1.76 bits per heavy atom. The summed E-state index contributed by atoms with van der Waals surface area (Å²) in [6, 6.07) is 13.5. The van der Waals surface area contributed by atoms with Crippen molar-refractivity contribution in [1.82, 2.24) is 9.80 Å². The molecule has 0 N–H and O–H groups in total.